The molecule has 0 spiro atoms. The van der Waals surface area contributed by atoms with Crippen LogP contribution in [0.5, 0.6) is 0 Å². The third-order valence-corrected chi connectivity index (χ3v) is 5.99. The van der Waals surface area contributed by atoms with E-state index in [4.69, 9.17) is 0 Å². The van der Waals surface area contributed by atoms with Crippen molar-refractivity contribution < 1.29 is 9.59 Å². The number of rotatable bonds is 7. The summed E-state index contributed by atoms with van der Waals surface area (Å²) in [6.07, 6.45) is 4.03. The van der Waals surface area contributed by atoms with E-state index in [0.717, 1.165) is 63.5 Å². The van der Waals surface area contributed by atoms with Crippen LogP contribution in [0.15, 0.2) is 29.3 Å². The Morgan fingerprint density at radius 1 is 1.16 bits per heavy atom. The summed E-state index contributed by atoms with van der Waals surface area (Å²) in [6, 6.07) is 8.47. The van der Waals surface area contributed by atoms with Crippen molar-refractivity contribution in [2.45, 2.75) is 58.9 Å². The lowest BCUT2D eigenvalue weighted by molar-refractivity contribution is -0.135. The smallest absolute Gasteiger partial charge is 0.227 e. The van der Waals surface area contributed by atoms with Gasteiger partial charge in [0.2, 0.25) is 11.8 Å². The van der Waals surface area contributed by atoms with Crippen molar-refractivity contribution >= 4 is 47.4 Å². The molecule has 0 radical (unpaired) electrons. The molecule has 2 aliphatic rings. The van der Waals surface area contributed by atoms with Crippen molar-refractivity contribution in [3.05, 3.63) is 29.8 Å². The lowest BCUT2D eigenvalue weighted by Crippen LogP contribution is -2.50. The van der Waals surface area contributed by atoms with Crippen LogP contribution in [0.3, 0.4) is 0 Å². The first-order valence-corrected chi connectivity index (χ1v) is 11.7. The molecule has 1 aromatic rings. The van der Waals surface area contributed by atoms with Gasteiger partial charge in [0.15, 0.2) is 5.96 Å². The first-order valence-electron chi connectivity index (χ1n) is 11.7. The largest absolute Gasteiger partial charge is 0.357 e. The van der Waals surface area contributed by atoms with Crippen LogP contribution in [0.4, 0.5) is 5.69 Å². The van der Waals surface area contributed by atoms with E-state index in [9.17, 15) is 9.59 Å². The number of benzene rings is 1. The minimum Gasteiger partial charge on any atom is -0.357 e. The fourth-order valence-corrected chi connectivity index (χ4v) is 4.28. The fraction of sp³-hybridized carbons (Fsp3) is 0.625. The molecule has 0 aromatic heterocycles. The quantitative estimate of drug-likeness (QED) is 0.235. The van der Waals surface area contributed by atoms with E-state index in [0.29, 0.717) is 19.0 Å². The molecule has 1 saturated heterocycles. The maximum atomic E-state index is 12.6. The molecule has 3 rings (SSSR count). The number of guanidine groups is 1. The van der Waals surface area contributed by atoms with Crippen molar-refractivity contribution in [3.63, 3.8) is 0 Å². The summed E-state index contributed by atoms with van der Waals surface area (Å²) in [6.45, 7) is 9.73. The van der Waals surface area contributed by atoms with Crippen molar-refractivity contribution in [3.8, 4) is 0 Å². The number of carbonyl (C=O) groups is 2. The van der Waals surface area contributed by atoms with E-state index in [2.05, 4.69) is 28.6 Å². The molecule has 2 N–H and O–H groups in total. The van der Waals surface area contributed by atoms with Crippen molar-refractivity contribution in [1.29, 1.82) is 0 Å². The Morgan fingerprint density at radius 2 is 1.88 bits per heavy atom. The lowest BCUT2D eigenvalue weighted by atomic mass is 10.0. The van der Waals surface area contributed by atoms with Gasteiger partial charge in [-0.1, -0.05) is 32.0 Å². The first kappa shape index (κ1) is 26.4. The van der Waals surface area contributed by atoms with Gasteiger partial charge in [0.05, 0.1) is 0 Å². The van der Waals surface area contributed by atoms with Crippen LogP contribution in [-0.4, -0.2) is 61.4 Å². The Kier molecular flexibility index (Phi) is 10.7. The number of halogens is 1. The molecule has 0 aliphatic carbocycles. The number of carbonyl (C=O) groups excluding carboxylic acids is 2. The Balaban J connectivity index is 0.00000363. The number of hydrogen-bond donors (Lipinski definition) is 2. The zero-order valence-corrected chi connectivity index (χ0v) is 21.9. The summed E-state index contributed by atoms with van der Waals surface area (Å²) in [5, 5.41) is 6.81. The Bertz CT molecular complexity index is 790. The molecular formula is C24H38IN5O2. The number of likely N-dealkylation sites (tertiary alicyclic amines) is 1. The predicted octanol–water partition coefficient (Wildman–Crippen LogP) is 3.18. The summed E-state index contributed by atoms with van der Waals surface area (Å²) < 4.78 is 0. The van der Waals surface area contributed by atoms with E-state index < -0.39 is 0 Å². The van der Waals surface area contributed by atoms with Crippen LogP contribution in [0, 0.1) is 5.92 Å². The number of para-hydroxylation sites is 1. The second-order valence-corrected chi connectivity index (χ2v) is 8.69. The second kappa shape index (κ2) is 13.0. The molecule has 2 amide bonds. The average molecular weight is 556 g/mol. The van der Waals surface area contributed by atoms with Gasteiger partial charge in [-0.2, -0.15) is 0 Å². The van der Waals surface area contributed by atoms with Crippen molar-refractivity contribution in [2.75, 3.05) is 37.6 Å². The topological polar surface area (TPSA) is 77.0 Å². The molecule has 1 fully saturated rings. The summed E-state index contributed by atoms with van der Waals surface area (Å²) in [4.78, 5) is 33.4. The van der Waals surface area contributed by atoms with Gasteiger partial charge in [-0.05, 0) is 44.2 Å². The highest BCUT2D eigenvalue weighted by molar-refractivity contribution is 14.0. The molecule has 0 saturated carbocycles. The number of amides is 2. The number of hydrogen-bond acceptors (Lipinski definition) is 3. The van der Waals surface area contributed by atoms with Gasteiger partial charge in [0.1, 0.15) is 0 Å². The van der Waals surface area contributed by atoms with Crippen LogP contribution >= 0.6 is 24.0 Å². The van der Waals surface area contributed by atoms with Crippen LogP contribution in [0.1, 0.15) is 52.0 Å². The number of nitrogens with one attached hydrogen (secondary N) is 2. The highest BCUT2D eigenvalue weighted by Crippen LogP contribution is 2.28. The van der Waals surface area contributed by atoms with Gasteiger partial charge >= 0.3 is 0 Å². The van der Waals surface area contributed by atoms with Gasteiger partial charge in [-0.3, -0.25) is 14.6 Å². The maximum absolute atomic E-state index is 12.6. The van der Waals surface area contributed by atoms with E-state index in [1.54, 1.807) is 0 Å². The third-order valence-electron chi connectivity index (χ3n) is 5.99. The van der Waals surface area contributed by atoms with E-state index in [1.807, 2.05) is 41.8 Å². The zero-order chi connectivity index (χ0) is 22.2. The molecule has 0 unspecified atom stereocenters. The van der Waals surface area contributed by atoms with E-state index in [1.165, 1.54) is 5.56 Å². The molecule has 1 aromatic carbocycles. The molecule has 32 heavy (non-hydrogen) atoms. The SMILES string of the molecule is CCNC(=NCCCC(=O)N1CCc2ccccc21)NC1CCN(C(=O)C(C)C)CC1.I. The summed E-state index contributed by atoms with van der Waals surface area (Å²) in [7, 11) is 0. The monoisotopic (exact) mass is 555 g/mol. The molecule has 0 bridgehead atoms. The first-order chi connectivity index (χ1) is 15.0. The van der Waals surface area contributed by atoms with Gasteiger partial charge in [0, 0.05) is 56.8 Å². The minimum atomic E-state index is 0. The summed E-state index contributed by atoms with van der Waals surface area (Å²) >= 11 is 0. The van der Waals surface area contributed by atoms with E-state index in [-0.39, 0.29) is 41.7 Å². The van der Waals surface area contributed by atoms with Crippen LogP contribution < -0.4 is 15.5 Å². The lowest BCUT2D eigenvalue weighted by Gasteiger charge is -2.34. The van der Waals surface area contributed by atoms with Crippen molar-refractivity contribution in [2.24, 2.45) is 10.9 Å². The number of nitrogens with zero attached hydrogens (tertiary/aromatic N) is 3. The van der Waals surface area contributed by atoms with Crippen LogP contribution in [-0.2, 0) is 16.0 Å². The molecule has 178 valence electrons. The average Bonchev–Trinajstić information content (AvgIpc) is 3.21. The summed E-state index contributed by atoms with van der Waals surface area (Å²) in [5.74, 6) is 1.28. The highest BCUT2D eigenvalue weighted by atomic mass is 127. The predicted molar refractivity (Wildman–Crippen MR) is 141 cm³/mol. The van der Waals surface area contributed by atoms with Crippen LogP contribution in [0.25, 0.3) is 0 Å². The standard InChI is InChI=1S/C24H37N5O2.HI/c1-4-25-24(27-20-12-15-28(16-13-20)23(31)18(2)3)26-14-7-10-22(30)29-17-11-19-8-5-6-9-21(19)29;/h5-6,8-9,18,20H,4,7,10-17H2,1-3H3,(H2,25,26,27);1H. The van der Waals surface area contributed by atoms with Gasteiger partial charge < -0.3 is 20.4 Å². The molecule has 2 heterocycles. The normalized spacial score (nSPS) is 16.6. The number of piperidine rings is 1. The van der Waals surface area contributed by atoms with Gasteiger partial charge in [0.25, 0.3) is 0 Å². The number of anilines is 1. The van der Waals surface area contributed by atoms with Gasteiger partial charge in [-0.25, -0.2) is 0 Å². The molecule has 0 atom stereocenters. The Labute approximate surface area is 209 Å². The zero-order valence-electron chi connectivity index (χ0n) is 19.6. The molecular weight excluding hydrogens is 517 g/mol. The van der Waals surface area contributed by atoms with Gasteiger partial charge in [-0.15, -0.1) is 24.0 Å². The minimum absolute atomic E-state index is 0. The molecule has 8 heteroatoms. The third kappa shape index (κ3) is 7.08. The Hall–Kier alpha value is -1.84. The van der Waals surface area contributed by atoms with Crippen molar-refractivity contribution in [1.82, 2.24) is 15.5 Å². The highest BCUT2D eigenvalue weighted by Gasteiger charge is 2.25. The second-order valence-electron chi connectivity index (χ2n) is 8.69. The molecule has 7 nitrogen and oxygen atoms in total. The molecule has 2 aliphatic heterocycles. The number of aliphatic imine (C=N–C) groups is 1. The fourth-order valence-electron chi connectivity index (χ4n) is 4.28. The maximum Gasteiger partial charge on any atom is 0.227 e. The number of fused-ring (bicyclic) bond motifs is 1. The van der Waals surface area contributed by atoms with E-state index >= 15 is 0 Å². The summed E-state index contributed by atoms with van der Waals surface area (Å²) in [5.41, 5.74) is 2.32. The Morgan fingerprint density at radius 3 is 2.56 bits per heavy atom. The van der Waals surface area contributed by atoms with Crippen LogP contribution in [0.2, 0.25) is 0 Å².